The zero-order valence-electron chi connectivity index (χ0n) is 11.6. The molecule has 0 bridgehead atoms. The number of piperidine rings is 1. The van der Waals surface area contributed by atoms with E-state index in [0.29, 0.717) is 0 Å². The second-order valence-corrected chi connectivity index (χ2v) is 6.32. The number of anilines is 1. The zero-order valence-corrected chi connectivity index (χ0v) is 13.2. The third kappa shape index (κ3) is 2.60. The van der Waals surface area contributed by atoms with Crippen molar-refractivity contribution in [3.63, 3.8) is 0 Å². The number of hydrogen-bond donors (Lipinski definition) is 2. The summed E-state index contributed by atoms with van der Waals surface area (Å²) in [5, 5.41) is 7.68. The summed E-state index contributed by atoms with van der Waals surface area (Å²) in [5.74, 6) is 1.04. The van der Waals surface area contributed by atoms with Crippen molar-refractivity contribution in [3.05, 3.63) is 34.3 Å². The lowest BCUT2D eigenvalue weighted by molar-refractivity contribution is 0.502. The van der Waals surface area contributed by atoms with Crippen LogP contribution < -0.4 is 10.6 Å². The van der Waals surface area contributed by atoms with E-state index in [1.807, 2.05) is 12.1 Å². The van der Waals surface area contributed by atoms with E-state index >= 15 is 0 Å². The lowest BCUT2D eigenvalue weighted by atomic mass is 10.0. The Hall–Kier alpha value is -1.33. The first kappa shape index (κ1) is 13.6. The molecule has 1 unspecified atom stereocenters. The molecule has 2 heterocycles. The summed E-state index contributed by atoms with van der Waals surface area (Å²) < 4.78 is 1.08. The Morgan fingerprint density at radius 3 is 2.80 bits per heavy atom. The Balaban J connectivity index is 1.90. The van der Waals surface area contributed by atoms with Crippen molar-refractivity contribution >= 4 is 21.7 Å². The molecule has 0 saturated carbocycles. The first-order valence-corrected chi connectivity index (χ1v) is 7.76. The summed E-state index contributed by atoms with van der Waals surface area (Å²) in [6.07, 6.45) is 2.25. The Labute approximate surface area is 127 Å². The number of rotatable bonds is 2. The van der Waals surface area contributed by atoms with Crippen molar-refractivity contribution in [2.45, 2.75) is 25.8 Å². The number of hydrogen-bond acceptors (Lipinski definition) is 3. The van der Waals surface area contributed by atoms with E-state index in [1.54, 1.807) is 0 Å². The fourth-order valence-electron chi connectivity index (χ4n) is 2.80. The standard InChI is InChI=1S/C15H19BrN4/c1-10-14(11-4-6-12(16)7-5-11)18-19-15(10)20-8-2-3-13(17)9-20/h4-7,13H,2-3,8-9,17H2,1H3,(H,18,19). The molecule has 0 spiro atoms. The smallest absolute Gasteiger partial charge is 0.153 e. The van der Waals surface area contributed by atoms with Gasteiger partial charge in [-0.1, -0.05) is 28.1 Å². The van der Waals surface area contributed by atoms with Gasteiger partial charge in [0.15, 0.2) is 5.82 Å². The van der Waals surface area contributed by atoms with Crippen LogP contribution in [0.15, 0.2) is 28.7 Å². The number of halogens is 1. The molecule has 1 fully saturated rings. The van der Waals surface area contributed by atoms with E-state index in [1.165, 1.54) is 5.56 Å². The van der Waals surface area contributed by atoms with Gasteiger partial charge in [0.2, 0.25) is 0 Å². The highest BCUT2D eigenvalue weighted by Gasteiger charge is 2.22. The van der Waals surface area contributed by atoms with Gasteiger partial charge in [0.25, 0.3) is 0 Å². The molecule has 20 heavy (non-hydrogen) atoms. The molecule has 1 aromatic carbocycles. The fourth-order valence-corrected chi connectivity index (χ4v) is 3.06. The molecule has 4 nitrogen and oxygen atoms in total. The second-order valence-electron chi connectivity index (χ2n) is 5.40. The van der Waals surface area contributed by atoms with Gasteiger partial charge < -0.3 is 10.6 Å². The minimum Gasteiger partial charge on any atom is -0.353 e. The van der Waals surface area contributed by atoms with E-state index in [2.05, 4.69) is 50.1 Å². The van der Waals surface area contributed by atoms with Crippen molar-refractivity contribution in [2.75, 3.05) is 18.0 Å². The van der Waals surface area contributed by atoms with Crippen molar-refractivity contribution in [1.29, 1.82) is 0 Å². The quantitative estimate of drug-likeness (QED) is 0.887. The van der Waals surface area contributed by atoms with Crippen molar-refractivity contribution in [1.82, 2.24) is 10.2 Å². The van der Waals surface area contributed by atoms with E-state index in [0.717, 1.165) is 47.5 Å². The summed E-state index contributed by atoms with van der Waals surface area (Å²) in [7, 11) is 0. The number of H-pyrrole nitrogens is 1. The topological polar surface area (TPSA) is 57.9 Å². The summed E-state index contributed by atoms with van der Waals surface area (Å²) in [6, 6.07) is 8.54. The minimum absolute atomic E-state index is 0.260. The number of nitrogens with two attached hydrogens (primary N) is 1. The molecule has 0 radical (unpaired) electrons. The van der Waals surface area contributed by atoms with Gasteiger partial charge in [0.1, 0.15) is 0 Å². The van der Waals surface area contributed by atoms with E-state index in [4.69, 9.17) is 5.73 Å². The molecule has 0 amide bonds. The average Bonchev–Trinajstić information content (AvgIpc) is 2.82. The summed E-state index contributed by atoms with van der Waals surface area (Å²) in [5.41, 5.74) is 9.51. The lowest BCUT2D eigenvalue weighted by Crippen LogP contribution is -2.43. The maximum absolute atomic E-state index is 6.06. The Kier molecular flexibility index (Phi) is 3.81. The number of aromatic nitrogens is 2. The SMILES string of the molecule is Cc1c(N2CCCC(N)C2)n[nH]c1-c1ccc(Br)cc1. The second kappa shape index (κ2) is 5.58. The number of nitrogens with one attached hydrogen (secondary N) is 1. The molecule has 2 aromatic rings. The molecule has 0 aliphatic carbocycles. The van der Waals surface area contributed by atoms with E-state index in [-0.39, 0.29) is 6.04 Å². The fraction of sp³-hybridized carbons (Fsp3) is 0.400. The van der Waals surface area contributed by atoms with Crippen LogP contribution in [0.2, 0.25) is 0 Å². The van der Waals surface area contributed by atoms with Crippen LogP contribution in [0.4, 0.5) is 5.82 Å². The van der Waals surface area contributed by atoms with Crippen LogP contribution >= 0.6 is 15.9 Å². The van der Waals surface area contributed by atoms with Crippen molar-refractivity contribution < 1.29 is 0 Å². The van der Waals surface area contributed by atoms with Crippen LogP contribution in [0.3, 0.4) is 0 Å². The van der Waals surface area contributed by atoms with Gasteiger partial charge in [0, 0.05) is 29.2 Å². The first-order valence-electron chi connectivity index (χ1n) is 6.96. The molecule has 1 saturated heterocycles. The molecule has 1 aliphatic rings. The molecule has 1 aliphatic heterocycles. The maximum atomic E-state index is 6.06. The minimum atomic E-state index is 0.260. The largest absolute Gasteiger partial charge is 0.353 e. The number of aromatic amines is 1. The predicted molar refractivity (Wildman–Crippen MR) is 85.9 cm³/mol. The maximum Gasteiger partial charge on any atom is 0.153 e. The third-order valence-electron chi connectivity index (χ3n) is 3.87. The predicted octanol–water partition coefficient (Wildman–Crippen LogP) is 3.08. The molecule has 1 atom stereocenters. The molecular formula is C15H19BrN4. The Bertz CT molecular complexity index is 590. The van der Waals surface area contributed by atoms with Gasteiger partial charge in [-0.3, -0.25) is 5.10 Å². The normalized spacial score (nSPS) is 19.4. The Morgan fingerprint density at radius 2 is 2.10 bits per heavy atom. The van der Waals surface area contributed by atoms with Gasteiger partial charge in [0.05, 0.1) is 5.69 Å². The van der Waals surface area contributed by atoms with Crippen LogP contribution in [0.25, 0.3) is 11.3 Å². The lowest BCUT2D eigenvalue weighted by Gasteiger charge is -2.31. The summed E-state index contributed by atoms with van der Waals surface area (Å²) in [6.45, 7) is 4.06. The molecule has 1 aromatic heterocycles. The van der Waals surface area contributed by atoms with E-state index in [9.17, 15) is 0 Å². The third-order valence-corrected chi connectivity index (χ3v) is 4.40. The first-order chi connectivity index (χ1) is 9.65. The van der Waals surface area contributed by atoms with Gasteiger partial charge >= 0.3 is 0 Å². The van der Waals surface area contributed by atoms with Crippen LogP contribution in [0, 0.1) is 6.92 Å². The highest BCUT2D eigenvalue weighted by atomic mass is 79.9. The molecule has 5 heteroatoms. The molecular weight excluding hydrogens is 316 g/mol. The molecule has 106 valence electrons. The number of benzene rings is 1. The van der Waals surface area contributed by atoms with E-state index < -0.39 is 0 Å². The van der Waals surface area contributed by atoms with Crippen molar-refractivity contribution in [2.24, 2.45) is 5.73 Å². The van der Waals surface area contributed by atoms with Crippen LogP contribution in [-0.2, 0) is 0 Å². The highest BCUT2D eigenvalue weighted by molar-refractivity contribution is 9.10. The Morgan fingerprint density at radius 1 is 1.35 bits per heavy atom. The van der Waals surface area contributed by atoms with Crippen LogP contribution in [-0.4, -0.2) is 29.3 Å². The molecule has 3 N–H and O–H groups in total. The monoisotopic (exact) mass is 334 g/mol. The summed E-state index contributed by atoms with van der Waals surface area (Å²) in [4.78, 5) is 2.29. The zero-order chi connectivity index (χ0) is 14.1. The highest BCUT2D eigenvalue weighted by Crippen LogP contribution is 2.30. The van der Waals surface area contributed by atoms with Crippen LogP contribution in [0.1, 0.15) is 18.4 Å². The van der Waals surface area contributed by atoms with Gasteiger partial charge in [-0.05, 0) is 37.5 Å². The van der Waals surface area contributed by atoms with Crippen molar-refractivity contribution in [3.8, 4) is 11.3 Å². The van der Waals surface area contributed by atoms with Gasteiger partial charge in [-0.2, -0.15) is 5.10 Å². The average molecular weight is 335 g/mol. The van der Waals surface area contributed by atoms with Gasteiger partial charge in [-0.15, -0.1) is 0 Å². The number of nitrogens with zero attached hydrogens (tertiary/aromatic N) is 2. The van der Waals surface area contributed by atoms with Crippen LogP contribution in [0.5, 0.6) is 0 Å². The summed E-state index contributed by atoms with van der Waals surface area (Å²) >= 11 is 3.46. The molecule has 3 rings (SSSR count). The van der Waals surface area contributed by atoms with Gasteiger partial charge in [-0.25, -0.2) is 0 Å².